The fourth-order valence-electron chi connectivity index (χ4n) is 1.73. The van der Waals surface area contributed by atoms with Crippen molar-refractivity contribution in [2.75, 3.05) is 0 Å². The van der Waals surface area contributed by atoms with Gasteiger partial charge in [-0.3, -0.25) is 0 Å². The first-order valence-corrected chi connectivity index (χ1v) is 6.29. The predicted octanol–water partition coefficient (Wildman–Crippen LogP) is 4.94. The minimum absolute atomic E-state index is 0.663. The second kappa shape index (κ2) is 6.64. The monoisotopic (exact) mass is 267 g/mol. The second-order valence-electron chi connectivity index (χ2n) is 3.87. The smallest absolute Gasteiger partial charge is 0.153 e. The molecule has 0 saturated heterocycles. The maximum Gasteiger partial charge on any atom is 0.153 e. The molecule has 0 aliphatic carbocycles. The highest BCUT2D eigenvalue weighted by Gasteiger charge is 2.06. The van der Waals surface area contributed by atoms with Crippen LogP contribution in [0, 0.1) is 0 Å². The summed E-state index contributed by atoms with van der Waals surface area (Å²) in [6.07, 6.45) is 2.61. The molecule has 19 heavy (non-hydrogen) atoms. The summed E-state index contributed by atoms with van der Waals surface area (Å²) in [6.45, 7) is 3.75. The Morgan fingerprint density at radius 2 is 1.79 bits per heavy atom. The van der Waals surface area contributed by atoms with Crippen LogP contribution in [0.3, 0.4) is 0 Å². The molecular formula is C16H13NOS. The number of para-hydroxylation sites is 3. The van der Waals surface area contributed by atoms with Gasteiger partial charge in [0.15, 0.2) is 5.75 Å². The average Bonchev–Trinajstić information content (AvgIpc) is 2.44. The summed E-state index contributed by atoms with van der Waals surface area (Å²) >= 11 is 4.64. The molecule has 0 radical (unpaired) electrons. The topological polar surface area (TPSA) is 21.6 Å². The highest BCUT2D eigenvalue weighted by Crippen LogP contribution is 2.32. The lowest BCUT2D eigenvalue weighted by Crippen LogP contribution is -1.90. The molecule has 2 aromatic carbocycles. The number of isothiocyanates is 1. The Bertz CT molecular complexity index is 630. The zero-order chi connectivity index (χ0) is 13.5. The molecule has 0 atom stereocenters. The third-order valence-electron chi connectivity index (χ3n) is 2.59. The van der Waals surface area contributed by atoms with E-state index in [2.05, 4.69) is 29.0 Å². The Hall–Kier alpha value is -2.22. The number of ether oxygens (including phenoxy) is 1. The van der Waals surface area contributed by atoms with Gasteiger partial charge in [-0.2, -0.15) is 4.99 Å². The summed E-state index contributed by atoms with van der Waals surface area (Å²) in [6, 6.07) is 15.3. The van der Waals surface area contributed by atoms with Gasteiger partial charge in [-0.1, -0.05) is 36.4 Å². The summed E-state index contributed by atoms with van der Waals surface area (Å²) in [7, 11) is 0. The fourth-order valence-corrected chi connectivity index (χ4v) is 1.83. The van der Waals surface area contributed by atoms with Crippen LogP contribution in [0.5, 0.6) is 11.5 Å². The number of aliphatic imine (C=N–C) groups is 1. The van der Waals surface area contributed by atoms with E-state index in [0.717, 1.165) is 17.7 Å². The van der Waals surface area contributed by atoms with E-state index in [0.29, 0.717) is 11.4 Å². The van der Waals surface area contributed by atoms with Crippen molar-refractivity contribution in [3.05, 3.63) is 66.7 Å². The van der Waals surface area contributed by atoms with Gasteiger partial charge in [0.2, 0.25) is 0 Å². The maximum atomic E-state index is 5.92. The second-order valence-corrected chi connectivity index (χ2v) is 4.06. The van der Waals surface area contributed by atoms with Gasteiger partial charge < -0.3 is 4.74 Å². The van der Waals surface area contributed by atoms with Crippen molar-refractivity contribution >= 4 is 23.1 Å². The van der Waals surface area contributed by atoms with E-state index in [4.69, 9.17) is 4.74 Å². The molecule has 0 aromatic heterocycles. The molecule has 0 amide bonds. The summed E-state index contributed by atoms with van der Waals surface area (Å²) in [4.78, 5) is 4.00. The van der Waals surface area contributed by atoms with Crippen LogP contribution in [0.25, 0.3) is 0 Å². The zero-order valence-corrected chi connectivity index (χ0v) is 11.2. The summed E-state index contributed by atoms with van der Waals surface area (Å²) in [5, 5.41) is 2.36. The number of benzene rings is 2. The highest BCUT2D eigenvalue weighted by molar-refractivity contribution is 7.78. The molecule has 2 rings (SSSR count). The lowest BCUT2D eigenvalue weighted by molar-refractivity contribution is 0.479. The predicted molar refractivity (Wildman–Crippen MR) is 81.5 cm³/mol. The highest BCUT2D eigenvalue weighted by atomic mass is 32.1. The third kappa shape index (κ3) is 3.38. The molecule has 2 aromatic rings. The molecule has 3 heteroatoms. The van der Waals surface area contributed by atoms with Crippen molar-refractivity contribution in [1.29, 1.82) is 0 Å². The Morgan fingerprint density at radius 3 is 2.53 bits per heavy atom. The zero-order valence-electron chi connectivity index (χ0n) is 10.4. The Morgan fingerprint density at radius 1 is 1.11 bits per heavy atom. The molecule has 0 saturated carbocycles. The third-order valence-corrected chi connectivity index (χ3v) is 2.68. The van der Waals surface area contributed by atoms with Crippen molar-refractivity contribution in [3.63, 3.8) is 0 Å². The van der Waals surface area contributed by atoms with Crippen LogP contribution in [-0.2, 0) is 6.42 Å². The number of nitrogens with zero attached hydrogens (tertiary/aromatic N) is 1. The van der Waals surface area contributed by atoms with Gasteiger partial charge in [-0.05, 0) is 42.4 Å². The van der Waals surface area contributed by atoms with Gasteiger partial charge in [-0.15, -0.1) is 6.58 Å². The van der Waals surface area contributed by atoms with Crippen molar-refractivity contribution in [2.45, 2.75) is 6.42 Å². The molecule has 0 aliphatic rings. The lowest BCUT2D eigenvalue weighted by atomic mass is 10.1. The van der Waals surface area contributed by atoms with Gasteiger partial charge in [-0.25, -0.2) is 0 Å². The quantitative estimate of drug-likeness (QED) is 0.434. The van der Waals surface area contributed by atoms with Crippen molar-refractivity contribution in [1.82, 2.24) is 0 Å². The van der Waals surface area contributed by atoms with Crippen LogP contribution in [0.15, 0.2) is 66.2 Å². The molecule has 0 unspecified atom stereocenters. The van der Waals surface area contributed by atoms with E-state index in [1.807, 2.05) is 54.6 Å². The minimum Gasteiger partial charge on any atom is -0.455 e. The number of hydrogen-bond acceptors (Lipinski definition) is 3. The molecular weight excluding hydrogens is 254 g/mol. The molecule has 2 nitrogen and oxygen atoms in total. The van der Waals surface area contributed by atoms with E-state index in [-0.39, 0.29) is 0 Å². The minimum atomic E-state index is 0.663. The van der Waals surface area contributed by atoms with E-state index in [1.54, 1.807) is 0 Å². The van der Waals surface area contributed by atoms with Gasteiger partial charge in [0, 0.05) is 0 Å². The lowest BCUT2D eigenvalue weighted by Gasteiger charge is -2.11. The van der Waals surface area contributed by atoms with Crippen LogP contribution in [-0.4, -0.2) is 5.16 Å². The summed E-state index contributed by atoms with van der Waals surface area (Å²) in [5.41, 5.74) is 1.75. The van der Waals surface area contributed by atoms with Crippen LogP contribution in [0.1, 0.15) is 5.56 Å². The van der Waals surface area contributed by atoms with E-state index in [1.165, 1.54) is 0 Å². The fraction of sp³-hybridized carbons (Fsp3) is 0.0625. The van der Waals surface area contributed by atoms with Gasteiger partial charge >= 0.3 is 0 Å². The Kier molecular flexibility index (Phi) is 4.62. The number of allylic oxidation sites excluding steroid dienone is 1. The van der Waals surface area contributed by atoms with Crippen molar-refractivity contribution in [2.24, 2.45) is 4.99 Å². The van der Waals surface area contributed by atoms with Crippen LogP contribution in [0.4, 0.5) is 5.69 Å². The number of hydrogen-bond donors (Lipinski definition) is 0. The normalized spacial score (nSPS) is 9.47. The maximum absolute atomic E-state index is 5.92. The van der Waals surface area contributed by atoms with E-state index in [9.17, 15) is 0 Å². The van der Waals surface area contributed by atoms with Crippen molar-refractivity contribution < 1.29 is 4.74 Å². The van der Waals surface area contributed by atoms with Gasteiger partial charge in [0.25, 0.3) is 0 Å². The summed E-state index contributed by atoms with van der Waals surface area (Å²) < 4.78 is 5.92. The Balaban J connectivity index is 2.36. The SMILES string of the molecule is C=CCc1ccccc1Oc1ccccc1N=C=S. The molecule has 0 bridgehead atoms. The molecule has 0 spiro atoms. The van der Waals surface area contributed by atoms with E-state index >= 15 is 0 Å². The standard InChI is InChI=1S/C16H13NOS/c1-2-7-13-8-3-5-10-15(13)18-16-11-6-4-9-14(16)17-12-19/h2-6,8-11H,1,7H2. The van der Waals surface area contributed by atoms with Crippen LogP contribution >= 0.6 is 12.2 Å². The first kappa shape index (κ1) is 13.2. The number of thiocarbonyl (C=S) groups is 1. The summed E-state index contributed by atoms with van der Waals surface area (Å²) in [5.74, 6) is 1.46. The largest absolute Gasteiger partial charge is 0.455 e. The first-order valence-electron chi connectivity index (χ1n) is 5.88. The first-order chi connectivity index (χ1) is 9.35. The van der Waals surface area contributed by atoms with Crippen LogP contribution < -0.4 is 4.74 Å². The van der Waals surface area contributed by atoms with Crippen LogP contribution in [0.2, 0.25) is 0 Å². The van der Waals surface area contributed by atoms with Gasteiger partial charge in [0.05, 0.1) is 5.16 Å². The molecule has 0 heterocycles. The number of rotatable bonds is 5. The molecule has 94 valence electrons. The molecule has 0 aliphatic heterocycles. The average molecular weight is 267 g/mol. The Labute approximate surface area is 118 Å². The molecule has 0 fully saturated rings. The van der Waals surface area contributed by atoms with E-state index < -0.39 is 0 Å². The molecule has 0 N–H and O–H groups in total. The van der Waals surface area contributed by atoms with Crippen molar-refractivity contribution in [3.8, 4) is 11.5 Å². The van der Waals surface area contributed by atoms with Gasteiger partial charge in [0.1, 0.15) is 11.4 Å².